The summed E-state index contributed by atoms with van der Waals surface area (Å²) >= 11 is 0. The lowest BCUT2D eigenvalue weighted by Crippen LogP contribution is -2.65. The number of nitrogens with zero attached hydrogens (tertiary/aromatic N) is 2. The van der Waals surface area contributed by atoms with Gasteiger partial charge in [0, 0.05) is 11.8 Å². The molecule has 2 fully saturated rings. The molecule has 124 valence electrons. The van der Waals surface area contributed by atoms with Gasteiger partial charge in [-0.15, -0.1) is 0 Å². The van der Waals surface area contributed by atoms with E-state index in [2.05, 4.69) is 36.4 Å². The number of hydrogen-bond acceptors (Lipinski definition) is 3. The summed E-state index contributed by atoms with van der Waals surface area (Å²) in [6.07, 6.45) is 7.64. The minimum Gasteiger partial charge on any atom is -0.394 e. The number of benzene rings is 1. The van der Waals surface area contributed by atoms with Crippen LogP contribution in [-0.2, 0) is 4.79 Å². The van der Waals surface area contributed by atoms with Gasteiger partial charge in [-0.2, -0.15) is 5.26 Å². The molecular weight excluding hydrogens is 300 g/mol. The molecule has 1 saturated heterocycles. The lowest BCUT2D eigenvalue weighted by atomic mass is 9.75. The lowest BCUT2D eigenvalue weighted by Gasteiger charge is -2.51. The highest BCUT2D eigenvalue weighted by Crippen LogP contribution is 2.44. The standard InChI is InChI=1S/C20H22N2O2/c21-11-17-19(18(12-23)22(17)20(24)16-9-10-16)15-7-5-14(6-8-15)13-3-1-2-4-13/h3,5-8,16-19,23H,1-2,4,9-10,12H2/t17-,18-,19+/m1/s1. The molecule has 3 atom stereocenters. The average molecular weight is 322 g/mol. The smallest absolute Gasteiger partial charge is 0.227 e. The van der Waals surface area contributed by atoms with Crippen LogP contribution in [0.5, 0.6) is 0 Å². The molecule has 1 N–H and O–H groups in total. The molecule has 2 aliphatic carbocycles. The molecule has 3 aliphatic rings. The van der Waals surface area contributed by atoms with Crippen molar-refractivity contribution in [3.05, 3.63) is 41.5 Å². The van der Waals surface area contributed by atoms with Crippen LogP contribution in [0.3, 0.4) is 0 Å². The number of carbonyl (C=O) groups is 1. The number of aliphatic hydroxyl groups is 1. The van der Waals surface area contributed by atoms with Gasteiger partial charge in [0.25, 0.3) is 0 Å². The summed E-state index contributed by atoms with van der Waals surface area (Å²) in [6, 6.07) is 9.91. The first kappa shape index (κ1) is 15.4. The van der Waals surface area contributed by atoms with Crippen LogP contribution in [-0.4, -0.2) is 34.6 Å². The van der Waals surface area contributed by atoms with Crippen molar-refractivity contribution in [2.75, 3.05) is 6.61 Å². The van der Waals surface area contributed by atoms with Gasteiger partial charge >= 0.3 is 0 Å². The molecule has 1 amide bonds. The third-order valence-corrected chi connectivity index (χ3v) is 5.62. The van der Waals surface area contributed by atoms with Crippen LogP contribution >= 0.6 is 0 Å². The number of aliphatic hydroxyl groups excluding tert-OH is 1. The number of rotatable bonds is 4. The van der Waals surface area contributed by atoms with E-state index in [1.165, 1.54) is 17.6 Å². The molecule has 1 heterocycles. The van der Waals surface area contributed by atoms with Gasteiger partial charge in [-0.3, -0.25) is 4.79 Å². The first-order chi connectivity index (χ1) is 11.7. The molecule has 1 aromatic rings. The van der Waals surface area contributed by atoms with E-state index in [0.29, 0.717) is 0 Å². The quantitative estimate of drug-likeness (QED) is 0.927. The van der Waals surface area contributed by atoms with Gasteiger partial charge in [-0.25, -0.2) is 0 Å². The number of likely N-dealkylation sites (tertiary alicyclic amines) is 1. The Morgan fingerprint density at radius 3 is 2.58 bits per heavy atom. The summed E-state index contributed by atoms with van der Waals surface area (Å²) in [6.45, 7) is -0.0891. The second-order valence-corrected chi connectivity index (χ2v) is 7.11. The number of amides is 1. The molecule has 1 aliphatic heterocycles. The Hall–Kier alpha value is -2.12. The Balaban J connectivity index is 1.56. The first-order valence-corrected chi connectivity index (χ1v) is 8.86. The highest BCUT2D eigenvalue weighted by molar-refractivity contribution is 5.83. The maximum Gasteiger partial charge on any atom is 0.227 e. The van der Waals surface area contributed by atoms with Gasteiger partial charge in [-0.1, -0.05) is 30.3 Å². The highest BCUT2D eigenvalue weighted by Gasteiger charge is 2.53. The predicted molar refractivity (Wildman–Crippen MR) is 90.9 cm³/mol. The fourth-order valence-corrected chi connectivity index (χ4v) is 4.10. The van der Waals surface area contributed by atoms with Gasteiger partial charge in [0.1, 0.15) is 6.04 Å². The van der Waals surface area contributed by atoms with Crippen LogP contribution in [0.4, 0.5) is 0 Å². The Kier molecular flexibility index (Phi) is 3.90. The van der Waals surface area contributed by atoms with E-state index in [4.69, 9.17) is 0 Å². The molecule has 0 unspecified atom stereocenters. The molecule has 4 nitrogen and oxygen atoms in total. The number of allylic oxidation sites excluding steroid dienone is 2. The van der Waals surface area contributed by atoms with Crippen molar-refractivity contribution in [2.45, 2.75) is 50.1 Å². The molecular formula is C20H22N2O2. The zero-order valence-electron chi connectivity index (χ0n) is 13.7. The molecule has 24 heavy (non-hydrogen) atoms. The summed E-state index contributed by atoms with van der Waals surface area (Å²) in [5.74, 6) is 0.0337. The predicted octanol–water partition coefficient (Wildman–Crippen LogP) is 2.84. The maximum atomic E-state index is 12.4. The molecule has 0 aromatic heterocycles. The van der Waals surface area contributed by atoms with Gasteiger partial charge in [0.15, 0.2) is 0 Å². The monoisotopic (exact) mass is 322 g/mol. The second-order valence-electron chi connectivity index (χ2n) is 7.11. The zero-order valence-corrected chi connectivity index (χ0v) is 13.7. The zero-order chi connectivity index (χ0) is 16.7. The normalized spacial score (nSPS) is 28.9. The van der Waals surface area contributed by atoms with Crippen LogP contribution in [0, 0.1) is 17.2 Å². The summed E-state index contributed by atoms with van der Waals surface area (Å²) < 4.78 is 0. The van der Waals surface area contributed by atoms with Crippen LogP contribution in [0.1, 0.15) is 49.1 Å². The van der Waals surface area contributed by atoms with Gasteiger partial charge in [0.05, 0.1) is 18.7 Å². The van der Waals surface area contributed by atoms with E-state index < -0.39 is 6.04 Å². The Morgan fingerprint density at radius 2 is 2.04 bits per heavy atom. The van der Waals surface area contributed by atoms with E-state index in [0.717, 1.165) is 31.2 Å². The van der Waals surface area contributed by atoms with Crippen molar-refractivity contribution in [1.29, 1.82) is 5.26 Å². The average Bonchev–Trinajstić information content (AvgIpc) is 3.30. The fourth-order valence-electron chi connectivity index (χ4n) is 4.10. The third-order valence-electron chi connectivity index (χ3n) is 5.62. The van der Waals surface area contributed by atoms with Crippen molar-refractivity contribution < 1.29 is 9.90 Å². The molecule has 4 heteroatoms. The van der Waals surface area contributed by atoms with E-state index in [1.807, 2.05) is 0 Å². The third kappa shape index (κ3) is 2.44. The molecule has 0 radical (unpaired) electrons. The van der Waals surface area contributed by atoms with Crippen LogP contribution < -0.4 is 0 Å². The van der Waals surface area contributed by atoms with Crippen LogP contribution in [0.15, 0.2) is 30.3 Å². The summed E-state index contributed by atoms with van der Waals surface area (Å²) in [5, 5.41) is 19.3. The molecule has 1 aromatic carbocycles. The van der Waals surface area contributed by atoms with Gasteiger partial charge < -0.3 is 10.0 Å². The summed E-state index contributed by atoms with van der Waals surface area (Å²) in [7, 11) is 0. The summed E-state index contributed by atoms with van der Waals surface area (Å²) in [4.78, 5) is 14.0. The molecule has 4 rings (SSSR count). The summed E-state index contributed by atoms with van der Waals surface area (Å²) in [5.41, 5.74) is 3.69. The Morgan fingerprint density at radius 1 is 1.29 bits per heavy atom. The van der Waals surface area contributed by atoms with Gasteiger partial charge in [0.2, 0.25) is 5.91 Å². The van der Waals surface area contributed by atoms with E-state index in [1.54, 1.807) is 4.90 Å². The van der Waals surface area contributed by atoms with E-state index in [-0.39, 0.29) is 30.4 Å². The number of carbonyl (C=O) groups excluding carboxylic acids is 1. The van der Waals surface area contributed by atoms with Crippen molar-refractivity contribution >= 4 is 11.5 Å². The van der Waals surface area contributed by atoms with Crippen molar-refractivity contribution in [3.8, 4) is 6.07 Å². The van der Waals surface area contributed by atoms with Crippen molar-refractivity contribution in [3.63, 3.8) is 0 Å². The molecule has 0 bridgehead atoms. The van der Waals surface area contributed by atoms with Crippen LogP contribution in [0.2, 0.25) is 0 Å². The van der Waals surface area contributed by atoms with Crippen molar-refractivity contribution in [2.24, 2.45) is 5.92 Å². The maximum absolute atomic E-state index is 12.4. The topological polar surface area (TPSA) is 64.3 Å². The Bertz CT molecular complexity index is 712. The fraction of sp³-hybridized carbons (Fsp3) is 0.500. The number of nitriles is 1. The van der Waals surface area contributed by atoms with Crippen molar-refractivity contribution in [1.82, 2.24) is 4.90 Å². The largest absolute Gasteiger partial charge is 0.394 e. The van der Waals surface area contributed by atoms with E-state index >= 15 is 0 Å². The number of hydrogen-bond donors (Lipinski definition) is 1. The first-order valence-electron chi connectivity index (χ1n) is 8.86. The SMILES string of the molecule is N#C[C@@H]1[C@H](c2ccc(C3=CCCC3)cc2)[C@@H](CO)N1C(=O)C1CC1. The Labute approximate surface area is 142 Å². The second kappa shape index (κ2) is 6.07. The van der Waals surface area contributed by atoms with Crippen LogP contribution in [0.25, 0.3) is 5.57 Å². The molecule has 0 spiro atoms. The van der Waals surface area contributed by atoms with E-state index in [9.17, 15) is 15.2 Å². The minimum atomic E-state index is -0.452. The molecule has 1 saturated carbocycles. The highest BCUT2D eigenvalue weighted by atomic mass is 16.3. The van der Waals surface area contributed by atoms with Gasteiger partial charge in [-0.05, 0) is 48.8 Å². The minimum absolute atomic E-state index is 0.0459. The lowest BCUT2D eigenvalue weighted by molar-refractivity contribution is -0.148.